The van der Waals surface area contributed by atoms with Crippen LogP contribution in [0.5, 0.6) is 0 Å². The van der Waals surface area contributed by atoms with Crippen molar-refractivity contribution < 1.29 is 13.9 Å². The number of carbonyl (C=O) groups is 1. The molecule has 2 unspecified atom stereocenters. The van der Waals surface area contributed by atoms with Gasteiger partial charge in [0.1, 0.15) is 11.4 Å². The average Bonchev–Trinajstić information content (AvgIpc) is 2.46. The zero-order valence-corrected chi connectivity index (χ0v) is 12.9. The Hall–Kier alpha value is -1.62. The van der Waals surface area contributed by atoms with Gasteiger partial charge in [-0.3, -0.25) is 0 Å². The van der Waals surface area contributed by atoms with E-state index in [0.29, 0.717) is 19.4 Å². The van der Waals surface area contributed by atoms with Gasteiger partial charge < -0.3 is 15.0 Å². The van der Waals surface area contributed by atoms with Gasteiger partial charge >= 0.3 is 5.97 Å². The summed E-state index contributed by atoms with van der Waals surface area (Å²) in [5.74, 6) is -0.517. The molecule has 1 aromatic rings. The molecule has 0 spiro atoms. The Morgan fingerprint density at radius 3 is 2.71 bits per heavy atom. The smallest absolute Gasteiger partial charge is 0.331 e. The van der Waals surface area contributed by atoms with Gasteiger partial charge in [0.2, 0.25) is 0 Å². The van der Waals surface area contributed by atoms with Gasteiger partial charge in [-0.15, -0.1) is 0 Å². The fourth-order valence-electron chi connectivity index (χ4n) is 2.78. The van der Waals surface area contributed by atoms with Crippen LogP contribution in [0.4, 0.5) is 10.1 Å². The van der Waals surface area contributed by atoms with Gasteiger partial charge in [-0.2, -0.15) is 0 Å². The normalized spacial score (nSPS) is 26.4. The maximum atomic E-state index is 13.0. The first-order valence-corrected chi connectivity index (χ1v) is 7.38. The van der Waals surface area contributed by atoms with Crippen LogP contribution in [0.3, 0.4) is 0 Å². The molecule has 1 aromatic carbocycles. The summed E-state index contributed by atoms with van der Waals surface area (Å²) in [6, 6.07) is 6.36. The molecule has 0 radical (unpaired) electrons. The summed E-state index contributed by atoms with van der Waals surface area (Å²) in [5, 5.41) is 3.29. The number of halogens is 1. The molecule has 1 aliphatic rings. The van der Waals surface area contributed by atoms with E-state index in [4.69, 9.17) is 4.74 Å². The van der Waals surface area contributed by atoms with E-state index in [1.165, 1.54) is 12.1 Å². The van der Waals surface area contributed by atoms with Crippen LogP contribution in [0.25, 0.3) is 0 Å². The first kappa shape index (κ1) is 15.8. The fourth-order valence-corrected chi connectivity index (χ4v) is 2.78. The Bertz CT molecular complexity index is 492. The van der Waals surface area contributed by atoms with Crippen molar-refractivity contribution in [3.8, 4) is 0 Å². The number of anilines is 1. The highest BCUT2D eigenvalue weighted by atomic mass is 19.1. The van der Waals surface area contributed by atoms with E-state index in [1.54, 1.807) is 12.1 Å². The van der Waals surface area contributed by atoms with E-state index in [1.807, 2.05) is 6.92 Å². The minimum Gasteiger partial charge on any atom is -0.464 e. The molecular formula is C16H23FN2O2. The van der Waals surface area contributed by atoms with E-state index in [0.717, 1.165) is 12.2 Å². The number of hydrogen-bond donors (Lipinski definition) is 1. The predicted octanol–water partition coefficient (Wildman–Crippen LogP) is 2.65. The number of benzene rings is 1. The van der Waals surface area contributed by atoms with Crippen molar-refractivity contribution in [1.82, 2.24) is 4.90 Å². The van der Waals surface area contributed by atoms with Crippen LogP contribution in [0.15, 0.2) is 24.3 Å². The lowest BCUT2D eigenvalue weighted by atomic mass is 9.83. The lowest BCUT2D eigenvalue weighted by Crippen LogP contribution is -2.57. The number of esters is 1. The summed E-state index contributed by atoms with van der Waals surface area (Å²) < 4.78 is 18.3. The molecule has 0 bridgehead atoms. The summed E-state index contributed by atoms with van der Waals surface area (Å²) in [7, 11) is 2.05. The minimum absolute atomic E-state index is 0.228. The van der Waals surface area contributed by atoms with Crippen LogP contribution in [0.1, 0.15) is 26.7 Å². The second kappa shape index (κ2) is 6.43. The van der Waals surface area contributed by atoms with Gasteiger partial charge in [-0.1, -0.05) is 0 Å². The first-order chi connectivity index (χ1) is 9.97. The SMILES string of the molecule is CCOC(=O)C1(Nc2ccc(F)cc2)CCN(C)C(C)C1. The maximum Gasteiger partial charge on any atom is 0.331 e. The van der Waals surface area contributed by atoms with Crippen molar-refractivity contribution in [2.45, 2.75) is 38.3 Å². The Balaban J connectivity index is 2.23. The Morgan fingerprint density at radius 1 is 1.48 bits per heavy atom. The van der Waals surface area contributed by atoms with E-state index < -0.39 is 5.54 Å². The zero-order chi connectivity index (χ0) is 15.5. The minimum atomic E-state index is -0.736. The number of carbonyl (C=O) groups excluding carboxylic acids is 1. The second-order valence-electron chi connectivity index (χ2n) is 5.72. The van der Waals surface area contributed by atoms with Crippen LogP contribution < -0.4 is 5.32 Å². The highest BCUT2D eigenvalue weighted by molar-refractivity contribution is 5.85. The van der Waals surface area contributed by atoms with Crippen molar-refractivity contribution in [3.63, 3.8) is 0 Å². The molecule has 116 valence electrons. The molecule has 1 heterocycles. The van der Waals surface area contributed by atoms with Crippen LogP contribution in [-0.2, 0) is 9.53 Å². The van der Waals surface area contributed by atoms with Crippen molar-refractivity contribution in [2.75, 3.05) is 25.5 Å². The molecule has 4 nitrogen and oxygen atoms in total. The summed E-state index contributed by atoms with van der Waals surface area (Å²) in [5.41, 5.74) is 0.000885. The van der Waals surface area contributed by atoms with Gasteiger partial charge in [0.15, 0.2) is 0 Å². The van der Waals surface area contributed by atoms with Crippen LogP contribution in [-0.4, -0.2) is 42.6 Å². The summed E-state index contributed by atoms with van der Waals surface area (Å²) in [4.78, 5) is 14.7. The summed E-state index contributed by atoms with van der Waals surface area (Å²) >= 11 is 0. The predicted molar refractivity (Wildman–Crippen MR) is 80.7 cm³/mol. The molecule has 1 fully saturated rings. The van der Waals surface area contributed by atoms with Crippen molar-refractivity contribution >= 4 is 11.7 Å². The van der Waals surface area contributed by atoms with Crippen molar-refractivity contribution in [2.24, 2.45) is 0 Å². The largest absolute Gasteiger partial charge is 0.464 e. The Kier molecular flexibility index (Phi) is 4.83. The third-order valence-electron chi connectivity index (χ3n) is 4.18. The lowest BCUT2D eigenvalue weighted by molar-refractivity contribution is -0.151. The van der Waals surface area contributed by atoms with E-state index in [9.17, 15) is 9.18 Å². The number of likely N-dealkylation sites (tertiary alicyclic amines) is 1. The average molecular weight is 294 g/mol. The van der Waals surface area contributed by atoms with Crippen molar-refractivity contribution in [1.29, 1.82) is 0 Å². The Morgan fingerprint density at radius 2 is 2.14 bits per heavy atom. The van der Waals surface area contributed by atoms with Gasteiger partial charge in [-0.25, -0.2) is 9.18 Å². The Labute approximate surface area is 125 Å². The van der Waals surface area contributed by atoms with Crippen molar-refractivity contribution in [3.05, 3.63) is 30.1 Å². The van der Waals surface area contributed by atoms with Crippen LogP contribution in [0.2, 0.25) is 0 Å². The maximum absolute atomic E-state index is 13.0. The lowest BCUT2D eigenvalue weighted by Gasteiger charge is -2.43. The molecule has 1 saturated heterocycles. The molecular weight excluding hydrogens is 271 g/mol. The third-order valence-corrected chi connectivity index (χ3v) is 4.18. The molecule has 2 atom stereocenters. The fraction of sp³-hybridized carbons (Fsp3) is 0.562. The highest BCUT2D eigenvalue weighted by Crippen LogP contribution is 2.31. The number of ether oxygens (including phenoxy) is 1. The van der Waals surface area contributed by atoms with Gasteiger partial charge in [0.05, 0.1) is 6.61 Å². The topological polar surface area (TPSA) is 41.6 Å². The monoisotopic (exact) mass is 294 g/mol. The molecule has 0 amide bonds. The third kappa shape index (κ3) is 3.53. The quantitative estimate of drug-likeness (QED) is 0.867. The molecule has 1 N–H and O–H groups in total. The molecule has 21 heavy (non-hydrogen) atoms. The molecule has 2 rings (SSSR count). The van der Waals surface area contributed by atoms with Gasteiger partial charge in [0, 0.05) is 18.3 Å². The summed E-state index contributed by atoms with van der Waals surface area (Å²) in [6.45, 7) is 5.07. The zero-order valence-electron chi connectivity index (χ0n) is 12.9. The number of nitrogens with one attached hydrogen (secondary N) is 1. The first-order valence-electron chi connectivity index (χ1n) is 7.38. The summed E-state index contributed by atoms with van der Waals surface area (Å²) in [6.07, 6.45) is 1.34. The standard InChI is InChI=1S/C16H23FN2O2/c1-4-21-15(20)16(9-10-19(3)12(2)11-16)18-14-7-5-13(17)6-8-14/h5-8,12,18H,4,9-11H2,1-3H3. The molecule has 0 aromatic heterocycles. The number of piperidine rings is 1. The molecule has 0 saturated carbocycles. The molecule has 0 aliphatic carbocycles. The number of hydrogen-bond acceptors (Lipinski definition) is 4. The van der Waals surface area contributed by atoms with Crippen LogP contribution in [0, 0.1) is 5.82 Å². The van der Waals surface area contributed by atoms with Crippen LogP contribution >= 0.6 is 0 Å². The van der Waals surface area contributed by atoms with E-state index in [-0.39, 0.29) is 17.8 Å². The van der Waals surface area contributed by atoms with Gasteiger partial charge in [0.25, 0.3) is 0 Å². The number of nitrogens with zero attached hydrogens (tertiary/aromatic N) is 1. The van der Waals surface area contributed by atoms with E-state index in [2.05, 4.69) is 24.2 Å². The molecule has 1 aliphatic heterocycles. The second-order valence-corrected chi connectivity index (χ2v) is 5.72. The molecule has 5 heteroatoms. The highest BCUT2D eigenvalue weighted by Gasteiger charge is 2.44. The number of rotatable bonds is 4. The van der Waals surface area contributed by atoms with E-state index >= 15 is 0 Å². The van der Waals surface area contributed by atoms with Gasteiger partial charge in [-0.05, 0) is 58.0 Å².